The summed E-state index contributed by atoms with van der Waals surface area (Å²) in [6.45, 7) is 4.04. The smallest absolute Gasteiger partial charge is 0.194 e. The maximum Gasteiger partial charge on any atom is 0.194 e. The van der Waals surface area contributed by atoms with Gasteiger partial charge in [-0.2, -0.15) is 0 Å². The number of aliphatic imine (C=N–C) groups is 1. The molecular weight excluding hydrogens is 384 g/mol. The molecular formula is C18H25BrN4O2. The largest absolute Gasteiger partial charge is 0.504 e. The Morgan fingerprint density at radius 3 is 2.72 bits per heavy atom. The van der Waals surface area contributed by atoms with Crippen LogP contribution in [0.4, 0.5) is 0 Å². The van der Waals surface area contributed by atoms with Gasteiger partial charge in [0.05, 0.1) is 20.2 Å². The van der Waals surface area contributed by atoms with E-state index in [0.29, 0.717) is 12.3 Å². The van der Waals surface area contributed by atoms with Gasteiger partial charge in [-0.05, 0) is 46.6 Å². The quantitative estimate of drug-likeness (QED) is 0.569. The zero-order valence-corrected chi connectivity index (χ0v) is 16.7. The summed E-state index contributed by atoms with van der Waals surface area (Å²) in [5, 5.41) is 13.2. The fourth-order valence-electron chi connectivity index (χ4n) is 2.51. The van der Waals surface area contributed by atoms with Crippen molar-refractivity contribution in [1.29, 1.82) is 0 Å². The molecule has 1 aromatic carbocycles. The minimum absolute atomic E-state index is 0.127. The summed E-state index contributed by atoms with van der Waals surface area (Å²) < 4.78 is 8.22. The molecule has 0 unspecified atom stereocenters. The van der Waals surface area contributed by atoms with E-state index in [1.54, 1.807) is 12.1 Å². The molecule has 1 heterocycles. The van der Waals surface area contributed by atoms with E-state index < -0.39 is 0 Å². The Hall–Kier alpha value is -2.15. The summed E-state index contributed by atoms with van der Waals surface area (Å²) >= 11 is 3.50. The first-order valence-corrected chi connectivity index (χ1v) is 8.90. The molecule has 6 nitrogen and oxygen atoms in total. The predicted octanol–water partition coefficient (Wildman–Crippen LogP) is 3.10. The molecule has 0 saturated heterocycles. The van der Waals surface area contributed by atoms with Crippen molar-refractivity contribution >= 4 is 21.9 Å². The zero-order chi connectivity index (χ0) is 18.4. The minimum atomic E-state index is 0.127. The third-order valence-corrected chi connectivity index (χ3v) is 4.26. The number of ether oxygens (including phenoxy) is 1. The van der Waals surface area contributed by atoms with Gasteiger partial charge < -0.3 is 24.6 Å². The summed E-state index contributed by atoms with van der Waals surface area (Å²) in [6.07, 6.45) is 2.04. The molecule has 0 atom stereocenters. The second-order valence-electron chi connectivity index (χ2n) is 5.79. The lowest BCUT2D eigenvalue weighted by atomic mass is 10.2. The Kier molecular flexibility index (Phi) is 6.75. The van der Waals surface area contributed by atoms with Crippen LogP contribution in [-0.2, 0) is 20.1 Å². The lowest BCUT2D eigenvalue weighted by Crippen LogP contribution is -2.38. The fraction of sp³-hybridized carbons (Fsp3) is 0.389. The number of nitrogens with zero attached hydrogens (tertiary/aromatic N) is 3. The number of halogens is 1. The van der Waals surface area contributed by atoms with Crippen LogP contribution in [0.25, 0.3) is 0 Å². The molecule has 0 bridgehead atoms. The number of aryl methyl sites for hydroxylation is 1. The molecule has 0 fully saturated rings. The van der Waals surface area contributed by atoms with Crippen molar-refractivity contribution in [2.45, 2.75) is 20.0 Å². The van der Waals surface area contributed by atoms with Crippen LogP contribution in [0.1, 0.15) is 18.2 Å². The van der Waals surface area contributed by atoms with Crippen molar-refractivity contribution < 1.29 is 9.84 Å². The number of phenols is 1. The van der Waals surface area contributed by atoms with Crippen LogP contribution in [0.2, 0.25) is 0 Å². The lowest BCUT2D eigenvalue weighted by Gasteiger charge is -2.22. The van der Waals surface area contributed by atoms with Gasteiger partial charge in [-0.1, -0.05) is 6.07 Å². The van der Waals surface area contributed by atoms with E-state index in [2.05, 4.69) is 41.8 Å². The molecule has 0 saturated carbocycles. The van der Waals surface area contributed by atoms with E-state index >= 15 is 0 Å². The molecule has 0 amide bonds. The van der Waals surface area contributed by atoms with Gasteiger partial charge in [0.25, 0.3) is 0 Å². The number of hydrogen-bond acceptors (Lipinski definition) is 3. The van der Waals surface area contributed by atoms with Gasteiger partial charge in [0.15, 0.2) is 17.5 Å². The molecule has 0 aliphatic rings. The molecule has 0 aliphatic carbocycles. The normalized spacial score (nSPS) is 11.5. The summed E-state index contributed by atoms with van der Waals surface area (Å²) in [6, 6.07) is 7.43. The first-order valence-electron chi connectivity index (χ1n) is 8.10. The summed E-state index contributed by atoms with van der Waals surface area (Å²) in [7, 11) is 5.57. The number of aromatic hydroxyl groups is 1. The van der Waals surface area contributed by atoms with Crippen LogP contribution < -0.4 is 10.1 Å². The summed E-state index contributed by atoms with van der Waals surface area (Å²) in [4.78, 5) is 6.75. The van der Waals surface area contributed by atoms with E-state index in [0.717, 1.165) is 29.1 Å². The zero-order valence-electron chi connectivity index (χ0n) is 15.1. The first kappa shape index (κ1) is 19.2. The number of hydrogen-bond donors (Lipinski definition) is 2. The Balaban J connectivity index is 2.11. The third-order valence-electron chi connectivity index (χ3n) is 3.82. The number of benzene rings is 1. The standard InChI is InChI=1S/C18H25BrN4O2/c1-5-20-18(23(3)12-15-9-14(19)11-22(15)2)21-10-13-6-7-17(25-4)16(24)8-13/h6-9,11,24H,5,10,12H2,1-4H3,(H,20,21). The van der Waals surface area contributed by atoms with Gasteiger partial charge >= 0.3 is 0 Å². The van der Waals surface area contributed by atoms with Crippen LogP contribution in [0.15, 0.2) is 39.9 Å². The molecule has 1 aromatic heterocycles. The lowest BCUT2D eigenvalue weighted by molar-refractivity contribution is 0.373. The fourth-order valence-corrected chi connectivity index (χ4v) is 3.08. The monoisotopic (exact) mass is 408 g/mol. The van der Waals surface area contributed by atoms with E-state index in [9.17, 15) is 5.11 Å². The van der Waals surface area contributed by atoms with Gasteiger partial charge in [0.2, 0.25) is 0 Å². The predicted molar refractivity (Wildman–Crippen MR) is 104 cm³/mol. The number of nitrogens with one attached hydrogen (secondary N) is 1. The number of phenolic OH excluding ortho intramolecular Hbond substituents is 1. The topological polar surface area (TPSA) is 62.0 Å². The van der Waals surface area contributed by atoms with E-state index in [4.69, 9.17) is 4.74 Å². The number of guanidine groups is 1. The average molecular weight is 409 g/mol. The van der Waals surface area contributed by atoms with E-state index in [1.807, 2.05) is 33.3 Å². The molecule has 0 radical (unpaired) electrons. The van der Waals surface area contributed by atoms with Gasteiger partial charge in [0, 0.05) is 37.0 Å². The maximum atomic E-state index is 9.89. The van der Waals surface area contributed by atoms with Gasteiger partial charge in [-0.15, -0.1) is 0 Å². The van der Waals surface area contributed by atoms with Crippen LogP contribution in [0, 0.1) is 0 Å². The molecule has 0 aliphatic heterocycles. The number of rotatable bonds is 6. The molecule has 2 aromatic rings. The number of aromatic nitrogens is 1. The SMILES string of the molecule is CCNC(=NCc1ccc(OC)c(O)c1)N(C)Cc1cc(Br)cn1C. The molecule has 7 heteroatoms. The Morgan fingerprint density at radius 1 is 1.40 bits per heavy atom. The third kappa shape index (κ3) is 5.16. The first-order chi connectivity index (χ1) is 11.9. The average Bonchev–Trinajstić information content (AvgIpc) is 2.88. The van der Waals surface area contributed by atoms with Crippen LogP contribution in [0.5, 0.6) is 11.5 Å². The summed E-state index contributed by atoms with van der Waals surface area (Å²) in [5.41, 5.74) is 2.10. The Bertz CT molecular complexity index is 743. The van der Waals surface area contributed by atoms with Crippen molar-refractivity contribution in [3.8, 4) is 11.5 Å². The van der Waals surface area contributed by atoms with Crippen LogP contribution in [-0.4, -0.2) is 41.2 Å². The highest BCUT2D eigenvalue weighted by molar-refractivity contribution is 9.10. The van der Waals surface area contributed by atoms with Crippen molar-refractivity contribution in [3.63, 3.8) is 0 Å². The van der Waals surface area contributed by atoms with E-state index in [1.165, 1.54) is 12.8 Å². The molecule has 25 heavy (non-hydrogen) atoms. The molecule has 2 N–H and O–H groups in total. The highest BCUT2D eigenvalue weighted by atomic mass is 79.9. The van der Waals surface area contributed by atoms with Crippen LogP contribution in [0.3, 0.4) is 0 Å². The van der Waals surface area contributed by atoms with Crippen molar-refractivity contribution in [2.24, 2.45) is 12.0 Å². The van der Waals surface area contributed by atoms with Crippen molar-refractivity contribution in [2.75, 3.05) is 20.7 Å². The highest BCUT2D eigenvalue weighted by Gasteiger charge is 2.10. The van der Waals surface area contributed by atoms with Crippen molar-refractivity contribution in [3.05, 3.63) is 46.2 Å². The molecule has 136 valence electrons. The molecule has 0 spiro atoms. The Labute approximate surface area is 157 Å². The maximum absolute atomic E-state index is 9.89. The van der Waals surface area contributed by atoms with Gasteiger partial charge in [-0.25, -0.2) is 4.99 Å². The van der Waals surface area contributed by atoms with Gasteiger partial charge in [-0.3, -0.25) is 0 Å². The van der Waals surface area contributed by atoms with Gasteiger partial charge in [0.1, 0.15) is 0 Å². The van der Waals surface area contributed by atoms with Crippen molar-refractivity contribution in [1.82, 2.24) is 14.8 Å². The second-order valence-corrected chi connectivity index (χ2v) is 6.71. The number of methoxy groups -OCH3 is 1. The van der Waals surface area contributed by atoms with Crippen LogP contribution >= 0.6 is 15.9 Å². The highest BCUT2D eigenvalue weighted by Crippen LogP contribution is 2.26. The van der Waals surface area contributed by atoms with E-state index in [-0.39, 0.29) is 5.75 Å². The molecule has 2 rings (SSSR count). The second kappa shape index (κ2) is 8.80. The Morgan fingerprint density at radius 2 is 2.16 bits per heavy atom. The minimum Gasteiger partial charge on any atom is -0.504 e. The summed E-state index contributed by atoms with van der Waals surface area (Å²) in [5.74, 6) is 1.41.